The van der Waals surface area contributed by atoms with Gasteiger partial charge in [0.05, 0.1) is 10.6 Å². The molecule has 4 aromatic rings. The molecule has 5 rings (SSSR count). The topological polar surface area (TPSA) is 110 Å². The van der Waals surface area contributed by atoms with Crippen molar-refractivity contribution in [1.29, 1.82) is 0 Å². The SMILES string of the molecule is NS(=O)(=O)c1cccc(-c2cccnc2[C@@H](CC(=O)CC2=CCc3ccc(O)cc32)Cc2cc(F)cc(F)c2)c1. The van der Waals surface area contributed by atoms with Gasteiger partial charge in [-0.25, -0.2) is 22.3 Å². The van der Waals surface area contributed by atoms with E-state index in [4.69, 9.17) is 5.14 Å². The predicted molar refractivity (Wildman–Crippen MR) is 148 cm³/mol. The van der Waals surface area contributed by atoms with Crippen LogP contribution in [0.2, 0.25) is 0 Å². The van der Waals surface area contributed by atoms with E-state index in [-0.39, 0.29) is 35.7 Å². The number of nitrogens with zero attached hydrogens (tertiary/aromatic N) is 1. The molecule has 3 N–H and O–H groups in total. The number of nitrogens with two attached hydrogens (primary N) is 1. The number of hydrogen-bond donors (Lipinski definition) is 2. The Bertz CT molecular complexity index is 1730. The van der Waals surface area contributed by atoms with E-state index in [1.165, 1.54) is 24.3 Å². The van der Waals surface area contributed by atoms with E-state index in [2.05, 4.69) is 4.98 Å². The Morgan fingerprint density at radius 3 is 2.50 bits per heavy atom. The van der Waals surface area contributed by atoms with Crippen LogP contribution in [-0.2, 0) is 27.7 Å². The van der Waals surface area contributed by atoms with E-state index in [1.807, 2.05) is 12.1 Å². The first kappa shape index (κ1) is 27.4. The van der Waals surface area contributed by atoms with Gasteiger partial charge in [-0.3, -0.25) is 9.78 Å². The first-order chi connectivity index (χ1) is 19.1. The summed E-state index contributed by atoms with van der Waals surface area (Å²) in [5, 5.41) is 15.3. The molecule has 0 spiro atoms. The Kier molecular flexibility index (Phi) is 7.60. The van der Waals surface area contributed by atoms with Gasteiger partial charge in [-0.15, -0.1) is 0 Å². The number of halogens is 2. The van der Waals surface area contributed by atoms with Crippen molar-refractivity contribution in [2.24, 2.45) is 5.14 Å². The van der Waals surface area contributed by atoms with E-state index >= 15 is 0 Å². The summed E-state index contributed by atoms with van der Waals surface area (Å²) in [5.74, 6) is -2.03. The van der Waals surface area contributed by atoms with Crippen LogP contribution in [0.3, 0.4) is 0 Å². The third kappa shape index (κ3) is 6.16. The van der Waals surface area contributed by atoms with Crippen molar-refractivity contribution >= 4 is 21.4 Å². The minimum absolute atomic E-state index is 0.0164. The van der Waals surface area contributed by atoms with E-state index in [0.717, 1.165) is 22.8 Å². The van der Waals surface area contributed by atoms with Crippen molar-refractivity contribution in [3.63, 3.8) is 0 Å². The van der Waals surface area contributed by atoms with Gasteiger partial charge in [0.2, 0.25) is 10.0 Å². The zero-order valence-corrected chi connectivity index (χ0v) is 22.2. The summed E-state index contributed by atoms with van der Waals surface area (Å²) >= 11 is 0. The number of hydrogen-bond acceptors (Lipinski definition) is 5. The Morgan fingerprint density at radius 2 is 1.75 bits per heavy atom. The molecule has 0 unspecified atom stereocenters. The molecule has 0 radical (unpaired) electrons. The van der Waals surface area contributed by atoms with E-state index < -0.39 is 27.6 Å². The van der Waals surface area contributed by atoms with E-state index in [0.29, 0.717) is 28.8 Å². The fourth-order valence-electron chi connectivity index (χ4n) is 5.22. The summed E-state index contributed by atoms with van der Waals surface area (Å²) < 4.78 is 52.1. The molecule has 40 heavy (non-hydrogen) atoms. The number of rotatable bonds is 9. The second-order valence-corrected chi connectivity index (χ2v) is 11.4. The molecule has 0 saturated carbocycles. The Balaban J connectivity index is 1.51. The van der Waals surface area contributed by atoms with Crippen molar-refractivity contribution in [1.82, 2.24) is 4.98 Å². The molecular weight excluding hydrogens is 534 g/mol. The lowest BCUT2D eigenvalue weighted by Crippen LogP contribution is -2.14. The van der Waals surface area contributed by atoms with Crippen LogP contribution in [0.4, 0.5) is 8.78 Å². The summed E-state index contributed by atoms with van der Waals surface area (Å²) in [6, 6.07) is 17.9. The number of primary sulfonamides is 1. The van der Waals surface area contributed by atoms with Gasteiger partial charge in [-0.1, -0.05) is 30.3 Å². The molecule has 0 bridgehead atoms. The number of carbonyl (C=O) groups is 1. The Morgan fingerprint density at radius 1 is 0.975 bits per heavy atom. The highest BCUT2D eigenvalue weighted by Gasteiger charge is 2.25. The van der Waals surface area contributed by atoms with Crippen LogP contribution < -0.4 is 5.14 Å². The molecule has 1 aromatic heterocycles. The normalized spacial score (nSPS) is 13.5. The third-order valence-electron chi connectivity index (χ3n) is 6.97. The molecule has 1 atom stereocenters. The van der Waals surface area contributed by atoms with Crippen molar-refractivity contribution < 1.29 is 27.1 Å². The molecule has 6 nitrogen and oxygen atoms in total. The lowest BCUT2D eigenvalue weighted by Gasteiger charge is -2.20. The standard InChI is InChI=1S/C31H26F2N2O4S/c32-24-12-19(13-25(33)17-24)11-23(15-27(37)14-22-7-6-20-8-9-26(36)18-30(20)22)31-29(5-2-10-35-31)21-3-1-4-28(16-21)40(34,38)39/h1-5,7-10,12-13,16-18,23,36H,6,11,14-15H2,(H2,34,38,39)/t23-/m1/s1. The zero-order chi connectivity index (χ0) is 28.4. The first-order valence-electron chi connectivity index (χ1n) is 12.6. The second-order valence-electron chi connectivity index (χ2n) is 9.88. The molecule has 3 aromatic carbocycles. The van der Waals surface area contributed by atoms with Gasteiger partial charge < -0.3 is 5.11 Å². The van der Waals surface area contributed by atoms with E-state index in [1.54, 1.807) is 42.6 Å². The van der Waals surface area contributed by atoms with Crippen molar-refractivity contribution in [2.75, 3.05) is 0 Å². The lowest BCUT2D eigenvalue weighted by molar-refractivity contribution is -0.118. The number of sulfonamides is 1. The molecule has 9 heteroatoms. The van der Waals surface area contributed by atoms with Crippen LogP contribution in [0.25, 0.3) is 16.7 Å². The van der Waals surface area contributed by atoms with Crippen molar-refractivity contribution in [3.8, 4) is 16.9 Å². The summed E-state index contributed by atoms with van der Waals surface area (Å²) in [6.07, 6.45) is 4.44. The molecule has 0 saturated heterocycles. The van der Waals surface area contributed by atoms with Gasteiger partial charge in [0.25, 0.3) is 0 Å². The Hall–Kier alpha value is -4.21. The van der Waals surface area contributed by atoms with Crippen LogP contribution in [0.1, 0.15) is 41.1 Å². The fraction of sp³-hybridized carbons (Fsp3) is 0.161. The summed E-state index contributed by atoms with van der Waals surface area (Å²) in [7, 11) is -3.97. The number of carbonyl (C=O) groups excluding carboxylic acids is 1. The van der Waals surface area contributed by atoms with Gasteiger partial charge in [-0.05, 0) is 83.1 Å². The molecule has 0 aliphatic heterocycles. The number of phenolic OH excluding ortho intramolecular Hbond substituents is 1. The number of aromatic hydroxyl groups is 1. The molecular formula is C31H26F2N2O4S. The lowest BCUT2D eigenvalue weighted by atomic mass is 9.85. The first-order valence-corrected chi connectivity index (χ1v) is 14.2. The third-order valence-corrected chi connectivity index (χ3v) is 7.88. The highest BCUT2D eigenvalue weighted by atomic mass is 32.2. The van der Waals surface area contributed by atoms with Gasteiger partial charge in [-0.2, -0.15) is 0 Å². The summed E-state index contributed by atoms with van der Waals surface area (Å²) in [6.45, 7) is 0. The largest absolute Gasteiger partial charge is 0.508 e. The van der Waals surface area contributed by atoms with Crippen LogP contribution in [-0.4, -0.2) is 24.3 Å². The highest BCUT2D eigenvalue weighted by molar-refractivity contribution is 7.89. The van der Waals surface area contributed by atoms with Crippen LogP contribution in [0.5, 0.6) is 5.75 Å². The number of benzene rings is 3. The quantitative estimate of drug-likeness (QED) is 0.273. The van der Waals surface area contributed by atoms with Gasteiger partial charge in [0.1, 0.15) is 23.2 Å². The molecule has 0 amide bonds. The summed E-state index contributed by atoms with van der Waals surface area (Å²) in [4.78, 5) is 17.9. The average Bonchev–Trinajstić information content (AvgIpc) is 3.28. The van der Waals surface area contributed by atoms with Gasteiger partial charge in [0.15, 0.2) is 0 Å². The average molecular weight is 561 g/mol. The maximum Gasteiger partial charge on any atom is 0.238 e. The predicted octanol–water partition coefficient (Wildman–Crippen LogP) is 5.70. The number of phenols is 1. The number of ketones is 1. The molecule has 1 aliphatic carbocycles. The maximum absolute atomic E-state index is 14.1. The van der Waals surface area contributed by atoms with Crippen LogP contribution >= 0.6 is 0 Å². The van der Waals surface area contributed by atoms with Gasteiger partial charge in [0, 0.05) is 36.6 Å². The van der Waals surface area contributed by atoms with Crippen molar-refractivity contribution in [3.05, 3.63) is 119 Å². The number of Topliss-reactive ketones (excluding diaryl/α,β-unsaturated/α-hetero) is 1. The smallest absolute Gasteiger partial charge is 0.238 e. The fourth-order valence-corrected chi connectivity index (χ4v) is 5.78. The number of aromatic nitrogens is 1. The Labute approximate surface area is 230 Å². The van der Waals surface area contributed by atoms with Gasteiger partial charge >= 0.3 is 0 Å². The zero-order valence-electron chi connectivity index (χ0n) is 21.3. The number of fused-ring (bicyclic) bond motifs is 1. The minimum atomic E-state index is -3.97. The van der Waals surface area contributed by atoms with Crippen LogP contribution in [0, 0.1) is 11.6 Å². The monoisotopic (exact) mass is 560 g/mol. The second kappa shape index (κ2) is 11.1. The molecule has 1 aliphatic rings. The molecule has 1 heterocycles. The van der Waals surface area contributed by atoms with Crippen LogP contribution in [0.15, 0.2) is 90.0 Å². The van der Waals surface area contributed by atoms with E-state index in [9.17, 15) is 27.1 Å². The highest BCUT2D eigenvalue weighted by Crippen LogP contribution is 2.36. The molecule has 204 valence electrons. The van der Waals surface area contributed by atoms with Crippen molar-refractivity contribution in [2.45, 2.75) is 36.5 Å². The maximum atomic E-state index is 14.1. The molecule has 0 fully saturated rings. The minimum Gasteiger partial charge on any atom is -0.508 e. The summed E-state index contributed by atoms with van der Waals surface area (Å²) in [5.41, 5.74) is 4.63. The number of allylic oxidation sites excluding steroid dienone is 2. The number of pyridine rings is 1.